The number of rotatable bonds is 6. The number of thiol groups is 3. The summed E-state index contributed by atoms with van der Waals surface area (Å²) in [5.74, 6) is 3.68. The Hall–Kier alpha value is 2.46. The third kappa shape index (κ3) is 15.0. The van der Waals surface area contributed by atoms with Crippen LogP contribution >= 0.6 is 73.2 Å². The molecule has 0 saturated carbocycles. The Labute approximate surface area is 212 Å². The van der Waals surface area contributed by atoms with E-state index in [-0.39, 0.29) is 56.2 Å². The Balaban J connectivity index is 0.000000339. The summed E-state index contributed by atoms with van der Waals surface area (Å²) in [4.78, 5) is 30.9. The molecule has 0 aromatic heterocycles. The molecule has 3 aliphatic heterocycles. The van der Waals surface area contributed by atoms with Crippen molar-refractivity contribution < 1.29 is 55.2 Å². The van der Waals surface area contributed by atoms with Gasteiger partial charge in [0.05, 0.1) is 0 Å². The van der Waals surface area contributed by atoms with Crippen LogP contribution in [-0.2, 0) is 14.4 Å². The molecule has 0 amide bonds. The Kier molecular flexibility index (Phi) is 17.9. The van der Waals surface area contributed by atoms with Gasteiger partial charge in [-0.2, -0.15) is 35.3 Å². The summed E-state index contributed by atoms with van der Waals surface area (Å²) >= 11 is 16.6. The molecule has 0 N–H and O–H groups in total. The molecule has 3 atom stereocenters. The van der Waals surface area contributed by atoms with E-state index in [1.165, 1.54) is 36.5 Å². The number of carbonyl (C=O) groups is 3. The topological polar surface area (TPSA) is 51.2 Å². The first kappa shape index (κ1) is 27.5. The molecule has 0 bridgehead atoms. The second kappa shape index (κ2) is 16.3. The second-order valence-electron chi connectivity index (χ2n) is 5.64. The van der Waals surface area contributed by atoms with Crippen molar-refractivity contribution in [2.24, 2.45) is 0 Å². The molecule has 3 fully saturated rings. The summed E-state index contributed by atoms with van der Waals surface area (Å²) < 4.78 is 0. The molecule has 142 valence electrons. The maximum atomic E-state index is 10.3. The zero-order valence-electron chi connectivity index (χ0n) is 13.9. The van der Waals surface area contributed by atoms with Gasteiger partial charge < -0.3 is 0 Å². The molecular weight excluding hydrogens is 565 g/mol. The third-order valence-corrected chi connectivity index (χ3v) is 8.17. The maximum absolute atomic E-state index is 10.3. The maximum Gasteiger partial charge on any atom is 0.187 e. The van der Waals surface area contributed by atoms with Gasteiger partial charge in [0.1, 0.15) is 0 Å². The normalized spacial score (nSPS) is 25.8. The molecule has 0 aromatic carbocycles. The number of hydrogen-bond donors (Lipinski definition) is 3. The summed E-state index contributed by atoms with van der Waals surface area (Å²) in [6.07, 6.45) is 5.60. The number of hydrogen-bond acceptors (Lipinski definition) is 6. The number of thioether (sulfide) groups is 3. The van der Waals surface area contributed by atoms with Crippen molar-refractivity contribution in [3.05, 3.63) is 0 Å². The quantitative estimate of drug-likeness (QED) is 0.408. The molecule has 3 aliphatic rings. The first-order chi connectivity index (χ1) is 11.4. The van der Waals surface area contributed by atoms with Gasteiger partial charge in [-0.1, -0.05) is 0 Å². The van der Waals surface area contributed by atoms with Crippen LogP contribution in [-0.4, -0.2) is 48.4 Å². The van der Waals surface area contributed by atoms with E-state index < -0.39 is 0 Å². The van der Waals surface area contributed by atoms with Gasteiger partial charge in [0.2, 0.25) is 0 Å². The molecule has 3 unspecified atom stereocenters. The van der Waals surface area contributed by atoms with E-state index in [0.717, 1.165) is 0 Å². The van der Waals surface area contributed by atoms with Crippen LogP contribution < -0.4 is 0 Å². The predicted octanol–water partition coefficient (Wildman–Crippen LogP) is 4.02. The van der Waals surface area contributed by atoms with Crippen molar-refractivity contribution >= 4 is 88.5 Å². The molecule has 3 nitrogen and oxygen atoms in total. The molecule has 0 spiro atoms. The average Bonchev–Trinajstić information content (AvgIpc) is 2.35. The zero-order valence-corrected chi connectivity index (χ0v) is 22.2. The van der Waals surface area contributed by atoms with Gasteiger partial charge in [-0.05, 0) is 36.5 Å². The SMILES string of the molecule is O=C(S)CC1CCS1.O=C(S)CC1CCS1.O=C(S)CC1CCS1.[Nd]. The molecule has 3 saturated heterocycles. The van der Waals surface area contributed by atoms with Crippen molar-refractivity contribution in [1.29, 1.82) is 0 Å². The minimum atomic E-state index is 0. The minimum Gasteiger partial charge on any atom is -0.287 e. The van der Waals surface area contributed by atoms with Crippen molar-refractivity contribution in [1.82, 2.24) is 0 Å². The van der Waals surface area contributed by atoms with E-state index in [1.807, 2.05) is 35.3 Å². The summed E-state index contributed by atoms with van der Waals surface area (Å²) in [6.45, 7) is 0. The van der Waals surface area contributed by atoms with Gasteiger partial charge in [0, 0.05) is 75.9 Å². The standard InChI is InChI=1S/3C5H8OS2.Nd/c3*6-5(7)3-4-1-2-8-4;/h3*4H,1-3H2,(H,6,7);. The van der Waals surface area contributed by atoms with Gasteiger partial charge in [0.25, 0.3) is 0 Å². The molecule has 10 heteroatoms. The van der Waals surface area contributed by atoms with Crippen LogP contribution in [0.5, 0.6) is 0 Å². The van der Waals surface area contributed by atoms with Crippen LogP contribution in [0.3, 0.4) is 0 Å². The fraction of sp³-hybridized carbons (Fsp3) is 0.800. The predicted molar refractivity (Wildman–Crippen MR) is 118 cm³/mol. The largest absolute Gasteiger partial charge is 0.287 e. The first-order valence-electron chi connectivity index (χ1n) is 7.87. The van der Waals surface area contributed by atoms with Crippen molar-refractivity contribution in [2.45, 2.75) is 54.3 Å². The van der Waals surface area contributed by atoms with Crippen molar-refractivity contribution in [3.63, 3.8) is 0 Å². The third-order valence-electron chi connectivity index (χ3n) is 3.59. The summed E-state index contributed by atoms with van der Waals surface area (Å²) in [7, 11) is 0. The summed E-state index contributed by atoms with van der Waals surface area (Å²) in [6, 6.07) is 0. The molecule has 0 aromatic rings. The second-order valence-corrected chi connectivity index (χ2v) is 11.4. The van der Waals surface area contributed by atoms with E-state index in [0.29, 0.717) is 35.0 Å². The van der Waals surface area contributed by atoms with E-state index in [4.69, 9.17) is 0 Å². The smallest absolute Gasteiger partial charge is 0.187 e. The van der Waals surface area contributed by atoms with Crippen LogP contribution in [0.15, 0.2) is 0 Å². The van der Waals surface area contributed by atoms with Gasteiger partial charge in [-0.25, -0.2) is 0 Å². The molecule has 0 aliphatic carbocycles. The summed E-state index contributed by atoms with van der Waals surface area (Å²) in [5.41, 5.74) is 0. The Bertz CT molecular complexity index is 364. The first-order valence-corrected chi connectivity index (χ1v) is 12.4. The zero-order chi connectivity index (χ0) is 17.9. The number of carbonyl (C=O) groups excluding carboxylic acids is 3. The van der Waals surface area contributed by atoms with Crippen LogP contribution in [0.4, 0.5) is 0 Å². The fourth-order valence-corrected chi connectivity index (χ4v) is 5.47. The van der Waals surface area contributed by atoms with Gasteiger partial charge in [0.15, 0.2) is 15.3 Å². The van der Waals surface area contributed by atoms with Gasteiger partial charge in [-0.3, -0.25) is 14.4 Å². The van der Waals surface area contributed by atoms with Crippen molar-refractivity contribution in [2.75, 3.05) is 17.3 Å². The Morgan fingerprint density at radius 2 is 0.840 bits per heavy atom. The molecule has 3 rings (SSSR count). The molecule has 25 heavy (non-hydrogen) atoms. The minimum absolute atomic E-state index is 0. The van der Waals surface area contributed by atoms with Crippen LogP contribution in [0.25, 0.3) is 0 Å². The van der Waals surface area contributed by atoms with E-state index in [2.05, 4.69) is 37.9 Å². The van der Waals surface area contributed by atoms with E-state index in [9.17, 15) is 14.4 Å². The van der Waals surface area contributed by atoms with Crippen LogP contribution in [0.2, 0.25) is 0 Å². The Morgan fingerprint density at radius 3 is 0.880 bits per heavy atom. The average molecular weight is 589 g/mol. The fourth-order valence-electron chi connectivity index (χ4n) is 1.92. The molecular formula is C15H24NdO3S6. The van der Waals surface area contributed by atoms with Crippen LogP contribution in [0.1, 0.15) is 38.5 Å². The van der Waals surface area contributed by atoms with E-state index in [1.54, 1.807) is 0 Å². The van der Waals surface area contributed by atoms with Crippen LogP contribution in [0, 0.1) is 40.8 Å². The molecule has 3 heterocycles. The monoisotopic (exact) mass is 586 g/mol. The molecule has 0 radical (unpaired) electrons. The van der Waals surface area contributed by atoms with E-state index >= 15 is 0 Å². The van der Waals surface area contributed by atoms with Gasteiger partial charge >= 0.3 is 0 Å². The van der Waals surface area contributed by atoms with Gasteiger partial charge in [-0.15, -0.1) is 37.9 Å². The Morgan fingerprint density at radius 1 is 0.640 bits per heavy atom. The van der Waals surface area contributed by atoms with Crippen molar-refractivity contribution in [3.8, 4) is 0 Å². The summed E-state index contributed by atoms with van der Waals surface area (Å²) in [5, 5.41) is 1.88.